The second kappa shape index (κ2) is 4.06. The van der Waals surface area contributed by atoms with Crippen LogP contribution in [0.3, 0.4) is 0 Å². The number of carboxylic acids is 2. The number of rotatable bonds is 3. The summed E-state index contributed by atoms with van der Waals surface area (Å²) in [6.07, 6.45) is 1.24. The van der Waals surface area contributed by atoms with Crippen molar-refractivity contribution in [2.24, 2.45) is 0 Å². The van der Waals surface area contributed by atoms with Crippen molar-refractivity contribution in [3.63, 3.8) is 0 Å². The Hall–Kier alpha value is -1.62. The predicted octanol–water partition coefficient (Wildman–Crippen LogP) is 1.22. The van der Waals surface area contributed by atoms with Crippen molar-refractivity contribution in [2.75, 3.05) is 0 Å². The summed E-state index contributed by atoms with van der Waals surface area (Å²) in [4.78, 5) is 24.7. The Labute approximate surface area is 84.0 Å². The molecular weight excluding hydrogens is 210 g/mol. The molecule has 0 aliphatic heterocycles. The van der Waals surface area contributed by atoms with Gasteiger partial charge in [0.05, 0.1) is 5.56 Å². The van der Waals surface area contributed by atoms with Gasteiger partial charge in [-0.25, -0.2) is 14.6 Å². The van der Waals surface area contributed by atoms with Crippen LogP contribution in [0.5, 0.6) is 0 Å². The molecule has 0 amide bonds. The van der Waals surface area contributed by atoms with Crippen molar-refractivity contribution in [3.05, 3.63) is 29.1 Å². The summed E-state index contributed by atoms with van der Waals surface area (Å²) in [7, 11) is 0. The fraction of sp³-hybridized carbons (Fsp3) is 0.125. The molecule has 1 aromatic rings. The van der Waals surface area contributed by atoms with Crippen molar-refractivity contribution < 1.29 is 19.8 Å². The number of aromatic carboxylic acids is 2. The monoisotopic (exact) mass is 215 g/mol. The van der Waals surface area contributed by atoms with Crippen molar-refractivity contribution in [1.29, 1.82) is 0 Å². The maximum Gasteiger partial charge on any atom is 0.355 e. The van der Waals surface area contributed by atoms with Crippen LogP contribution in [0.25, 0.3) is 0 Å². The van der Waals surface area contributed by atoms with Crippen LogP contribution in [0.15, 0.2) is 12.3 Å². The molecule has 0 saturated heterocycles. The second-order valence-corrected chi connectivity index (χ2v) is 2.75. The van der Waals surface area contributed by atoms with Crippen molar-refractivity contribution >= 4 is 23.5 Å². The van der Waals surface area contributed by atoms with E-state index in [2.05, 4.69) is 4.98 Å². The van der Waals surface area contributed by atoms with Gasteiger partial charge in [-0.2, -0.15) is 0 Å². The minimum absolute atomic E-state index is 0.0905. The lowest BCUT2D eigenvalue weighted by atomic mass is 10.1. The zero-order valence-electron chi connectivity index (χ0n) is 6.90. The van der Waals surface area contributed by atoms with E-state index in [1.165, 1.54) is 12.3 Å². The fourth-order valence-electron chi connectivity index (χ4n) is 0.915. The van der Waals surface area contributed by atoms with Crippen molar-refractivity contribution in [2.45, 2.75) is 5.88 Å². The van der Waals surface area contributed by atoms with Crippen LogP contribution in [0.2, 0.25) is 0 Å². The number of nitrogens with zero attached hydrogens (tertiary/aromatic N) is 1. The van der Waals surface area contributed by atoms with Gasteiger partial charge in [-0.1, -0.05) is 0 Å². The Bertz CT molecular complexity index is 391. The number of carbonyl (C=O) groups is 2. The Morgan fingerprint density at radius 1 is 1.36 bits per heavy atom. The first-order valence-corrected chi connectivity index (χ1v) is 4.11. The summed E-state index contributed by atoms with van der Waals surface area (Å²) in [5, 5.41) is 17.3. The first-order chi connectivity index (χ1) is 6.56. The number of hydrogen-bond acceptors (Lipinski definition) is 3. The van der Waals surface area contributed by atoms with Crippen molar-refractivity contribution in [1.82, 2.24) is 4.98 Å². The maximum absolute atomic E-state index is 10.6. The minimum atomic E-state index is -1.37. The zero-order chi connectivity index (χ0) is 10.7. The molecule has 5 nitrogen and oxygen atoms in total. The van der Waals surface area contributed by atoms with E-state index >= 15 is 0 Å². The SMILES string of the molecule is O=C(O)c1cc(CCl)cnc1C(=O)O. The first-order valence-electron chi connectivity index (χ1n) is 3.57. The Kier molecular flexibility index (Phi) is 3.03. The van der Waals surface area contributed by atoms with Crippen molar-refractivity contribution in [3.8, 4) is 0 Å². The van der Waals surface area contributed by atoms with E-state index in [1.54, 1.807) is 0 Å². The highest BCUT2D eigenvalue weighted by Crippen LogP contribution is 2.11. The molecule has 1 heterocycles. The Morgan fingerprint density at radius 2 is 2.00 bits per heavy atom. The van der Waals surface area contributed by atoms with E-state index < -0.39 is 17.6 Å². The number of carboxylic acid groups (broad SMARTS) is 2. The molecule has 6 heteroatoms. The minimum Gasteiger partial charge on any atom is -0.478 e. The van der Waals surface area contributed by atoms with Crippen LogP contribution in [0.4, 0.5) is 0 Å². The molecule has 0 aliphatic rings. The fourth-order valence-corrected chi connectivity index (χ4v) is 1.06. The summed E-state index contributed by atoms with van der Waals surface area (Å²) >= 11 is 5.46. The standard InChI is InChI=1S/C8H6ClNO4/c9-2-4-1-5(7(11)12)6(8(13)14)10-3-4/h1,3H,2H2,(H,11,12)(H,13,14). The molecule has 0 radical (unpaired) electrons. The van der Waals surface area contributed by atoms with Crippen LogP contribution in [-0.4, -0.2) is 27.1 Å². The quantitative estimate of drug-likeness (QED) is 0.740. The normalized spacial score (nSPS) is 9.79. The third kappa shape index (κ3) is 2.00. The van der Waals surface area contributed by atoms with Crippen LogP contribution in [-0.2, 0) is 5.88 Å². The lowest BCUT2D eigenvalue weighted by Gasteiger charge is -2.01. The molecular formula is C8H6ClNO4. The van der Waals surface area contributed by atoms with Crippen LogP contribution < -0.4 is 0 Å². The Morgan fingerprint density at radius 3 is 2.43 bits per heavy atom. The number of aromatic nitrogens is 1. The molecule has 1 aromatic heterocycles. The molecule has 0 bridgehead atoms. The molecule has 0 unspecified atom stereocenters. The van der Waals surface area contributed by atoms with E-state index in [9.17, 15) is 9.59 Å². The summed E-state index contributed by atoms with van der Waals surface area (Å²) < 4.78 is 0. The molecule has 2 N–H and O–H groups in total. The van der Waals surface area contributed by atoms with E-state index in [-0.39, 0.29) is 11.4 Å². The molecule has 0 aliphatic carbocycles. The third-order valence-electron chi connectivity index (χ3n) is 1.53. The summed E-state index contributed by atoms with van der Waals surface area (Å²) in [6.45, 7) is 0. The van der Waals surface area contributed by atoms with Gasteiger partial charge in [-0.15, -0.1) is 11.6 Å². The van der Waals surface area contributed by atoms with Crippen LogP contribution in [0.1, 0.15) is 26.4 Å². The van der Waals surface area contributed by atoms with E-state index in [0.717, 1.165) is 0 Å². The average Bonchev–Trinajstić information content (AvgIpc) is 2.16. The molecule has 14 heavy (non-hydrogen) atoms. The number of pyridine rings is 1. The molecule has 0 saturated carbocycles. The van der Waals surface area contributed by atoms with Gasteiger partial charge in [0, 0.05) is 12.1 Å². The largest absolute Gasteiger partial charge is 0.478 e. The second-order valence-electron chi connectivity index (χ2n) is 2.48. The molecule has 0 fully saturated rings. The number of alkyl halides is 1. The lowest BCUT2D eigenvalue weighted by molar-refractivity contribution is 0.0646. The van der Waals surface area contributed by atoms with Gasteiger partial charge in [0.2, 0.25) is 0 Å². The molecule has 0 spiro atoms. The highest BCUT2D eigenvalue weighted by molar-refractivity contribution is 6.17. The molecule has 0 aromatic carbocycles. The highest BCUT2D eigenvalue weighted by Gasteiger charge is 2.17. The first kappa shape index (κ1) is 10.5. The number of halogens is 1. The Balaban J connectivity index is 3.31. The summed E-state index contributed by atoms with van der Waals surface area (Å²) in [5.74, 6) is -2.61. The van der Waals surface area contributed by atoms with Gasteiger partial charge < -0.3 is 10.2 Å². The van der Waals surface area contributed by atoms with Gasteiger partial charge in [0.1, 0.15) is 0 Å². The summed E-state index contributed by atoms with van der Waals surface area (Å²) in [6, 6.07) is 1.20. The topological polar surface area (TPSA) is 87.5 Å². The van der Waals surface area contributed by atoms with Gasteiger partial charge in [-0.3, -0.25) is 0 Å². The van der Waals surface area contributed by atoms with E-state index in [0.29, 0.717) is 5.56 Å². The van der Waals surface area contributed by atoms with Gasteiger partial charge in [0.25, 0.3) is 0 Å². The molecule has 74 valence electrons. The third-order valence-corrected chi connectivity index (χ3v) is 1.84. The summed E-state index contributed by atoms with van der Waals surface area (Å²) in [5.41, 5.74) is -0.365. The lowest BCUT2D eigenvalue weighted by Crippen LogP contribution is -2.11. The van der Waals surface area contributed by atoms with Gasteiger partial charge in [-0.05, 0) is 11.6 Å². The maximum atomic E-state index is 10.6. The smallest absolute Gasteiger partial charge is 0.355 e. The highest BCUT2D eigenvalue weighted by atomic mass is 35.5. The average molecular weight is 216 g/mol. The van der Waals surface area contributed by atoms with E-state index in [1.807, 2.05) is 0 Å². The predicted molar refractivity (Wildman–Crippen MR) is 47.7 cm³/mol. The van der Waals surface area contributed by atoms with Crippen LogP contribution in [0, 0.1) is 0 Å². The molecule has 0 atom stereocenters. The number of hydrogen-bond donors (Lipinski definition) is 2. The van der Waals surface area contributed by atoms with E-state index in [4.69, 9.17) is 21.8 Å². The van der Waals surface area contributed by atoms with Crippen LogP contribution >= 0.6 is 11.6 Å². The van der Waals surface area contributed by atoms with Gasteiger partial charge >= 0.3 is 11.9 Å². The molecule has 1 rings (SSSR count). The zero-order valence-corrected chi connectivity index (χ0v) is 7.65. The van der Waals surface area contributed by atoms with Gasteiger partial charge in [0.15, 0.2) is 5.69 Å².